The number of alkyl halides is 3. The molecule has 1 rings (SSSR count). The fourth-order valence-electron chi connectivity index (χ4n) is 2.02. The van der Waals surface area contributed by atoms with E-state index in [-0.39, 0.29) is 12.5 Å². The van der Waals surface area contributed by atoms with Crippen molar-refractivity contribution in [1.29, 1.82) is 0 Å². The first-order chi connectivity index (χ1) is 8.85. The van der Waals surface area contributed by atoms with Gasteiger partial charge in [0.2, 0.25) is 0 Å². The number of nitrogens with one attached hydrogen (secondary N) is 1. The maximum atomic E-state index is 12.2. The van der Waals surface area contributed by atoms with Gasteiger partial charge in [0.15, 0.2) is 0 Å². The molecule has 108 valence electrons. The standard InChI is InChI=1S/C14H20F3NO/c1-10-4-5-13(19-3)11(8-10)9-12(18-2)6-7-14(15,16)17/h4-5,8,12,18H,6-7,9H2,1-3H3. The van der Waals surface area contributed by atoms with Gasteiger partial charge in [-0.1, -0.05) is 17.7 Å². The Bertz CT molecular complexity index is 404. The number of benzene rings is 1. The number of ether oxygens (including phenoxy) is 1. The van der Waals surface area contributed by atoms with Gasteiger partial charge < -0.3 is 10.1 Å². The van der Waals surface area contributed by atoms with Crippen molar-refractivity contribution in [3.63, 3.8) is 0 Å². The van der Waals surface area contributed by atoms with Gasteiger partial charge in [0.25, 0.3) is 0 Å². The van der Waals surface area contributed by atoms with Crippen molar-refractivity contribution in [2.24, 2.45) is 0 Å². The highest BCUT2D eigenvalue weighted by Crippen LogP contribution is 2.25. The molecule has 0 aromatic heterocycles. The molecule has 0 aliphatic heterocycles. The summed E-state index contributed by atoms with van der Waals surface area (Å²) in [5.74, 6) is 0.720. The van der Waals surface area contributed by atoms with Crippen LogP contribution in [0.25, 0.3) is 0 Å². The molecule has 0 saturated heterocycles. The third-order valence-electron chi connectivity index (χ3n) is 3.09. The van der Waals surface area contributed by atoms with Gasteiger partial charge in [0, 0.05) is 12.5 Å². The lowest BCUT2D eigenvalue weighted by atomic mass is 9.99. The molecule has 0 amide bonds. The van der Waals surface area contributed by atoms with Crippen LogP contribution in [0, 0.1) is 6.92 Å². The molecular weight excluding hydrogens is 255 g/mol. The average molecular weight is 275 g/mol. The van der Waals surface area contributed by atoms with E-state index in [1.807, 2.05) is 25.1 Å². The monoisotopic (exact) mass is 275 g/mol. The average Bonchev–Trinajstić information content (AvgIpc) is 2.33. The molecule has 1 aromatic carbocycles. The maximum Gasteiger partial charge on any atom is 0.389 e. The Morgan fingerprint density at radius 1 is 1.32 bits per heavy atom. The Morgan fingerprint density at radius 2 is 2.00 bits per heavy atom. The van der Waals surface area contributed by atoms with Crippen LogP contribution in [-0.2, 0) is 6.42 Å². The number of aryl methyl sites for hydroxylation is 1. The molecule has 0 saturated carbocycles. The van der Waals surface area contributed by atoms with Crippen LogP contribution in [0.4, 0.5) is 13.2 Å². The minimum atomic E-state index is -4.11. The summed E-state index contributed by atoms with van der Waals surface area (Å²) in [7, 11) is 3.25. The molecule has 1 unspecified atom stereocenters. The Balaban J connectivity index is 2.72. The molecule has 0 bridgehead atoms. The highest BCUT2D eigenvalue weighted by atomic mass is 19.4. The number of methoxy groups -OCH3 is 1. The predicted octanol–water partition coefficient (Wildman–Crippen LogP) is 3.48. The Hall–Kier alpha value is -1.23. The van der Waals surface area contributed by atoms with Gasteiger partial charge in [0.1, 0.15) is 5.75 Å². The van der Waals surface area contributed by atoms with Crippen molar-refractivity contribution in [3.05, 3.63) is 29.3 Å². The van der Waals surface area contributed by atoms with Crippen LogP contribution in [0.2, 0.25) is 0 Å². The first kappa shape index (κ1) is 15.8. The Morgan fingerprint density at radius 3 is 2.53 bits per heavy atom. The minimum absolute atomic E-state index is 0.0666. The van der Waals surface area contributed by atoms with Gasteiger partial charge in [-0.25, -0.2) is 0 Å². The van der Waals surface area contributed by atoms with Crippen molar-refractivity contribution in [2.75, 3.05) is 14.2 Å². The molecule has 0 aliphatic carbocycles. The van der Waals surface area contributed by atoms with Gasteiger partial charge in [-0.2, -0.15) is 13.2 Å². The minimum Gasteiger partial charge on any atom is -0.496 e. The number of halogens is 3. The summed E-state index contributed by atoms with van der Waals surface area (Å²) in [5, 5.41) is 2.94. The Labute approximate surface area is 112 Å². The molecule has 1 atom stereocenters. The quantitative estimate of drug-likeness (QED) is 0.858. The van der Waals surface area contributed by atoms with Gasteiger partial charge in [-0.15, -0.1) is 0 Å². The third kappa shape index (κ3) is 5.51. The topological polar surface area (TPSA) is 21.3 Å². The van der Waals surface area contributed by atoms with Crippen LogP contribution in [0.3, 0.4) is 0 Å². The first-order valence-corrected chi connectivity index (χ1v) is 6.23. The zero-order valence-electron chi connectivity index (χ0n) is 11.5. The smallest absolute Gasteiger partial charge is 0.389 e. The van der Waals surface area contributed by atoms with Gasteiger partial charge in [-0.05, 0) is 38.4 Å². The summed E-state index contributed by atoms with van der Waals surface area (Å²) in [6, 6.07) is 5.52. The summed E-state index contributed by atoms with van der Waals surface area (Å²) in [4.78, 5) is 0. The van der Waals surface area contributed by atoms with E-state index in [4.69, 9.17) is 4.74 Å². The van der Waals surface area contributed by atoms with Crippen molar-refractivity contribution < 1.29 is 17.9 Å². The first-order valence-electron chi connectivity index (χ1n) is 6.23. The number of hydrogen-bond donors (Lipinski definition) is 1. The molecule has 5 heteroatoms. The highest BCUT2D eigenvalue weighted by Gasteiger charge is 2.28. The zero-order valence-corrected chi connectivity index (χ0v) is 11.5. The summed E-state index contributed by atoms with van der Waals surface area (Å²) < 4.78 is 42.0. The van der Waals surface area contributed by atoms with Gasteiger partial charge in [-0.3, -0.25) is 0 Å². The van der Waals surface area contributed by atoms with E-state index in [1.54, 1.807) is 14.2 Å². The predicted molar refractivity (Wildman–Crippen MR) is 69.6 cm³/mol. The molecule has 2 nitrogen and oxygen atoms in total. The van der Waals surface area contributed by atoms with E-state index in [9.17, 15) is 13.2 Å². The SMILES string of the molecule is CNC(CCC(F)(F)F)Cc1cc(C)ccc1OC. The molecule has 0 spiro atoms. The number of rotatable bonds is 6. The van der Waals surface area contributed by atoms with Gasteiger partial charge >= 0.3 is 6.18 Å². The largest absolute Gasteiger partial charge is 0.496 e. The fourth-order valence-corrected chi connectivity index (χ4v) is 2.02. The highest BCUT2D eigenvalue weighted by molar-refractivity contribution is 5.37. The van der Waals surface area contributed by atoms with Crippen LogP contribution in [0.15, 0.2) is 18.2 Å². The lowest BCUT2D eigenvalue weighted by Crippen LogP contribution is -2.29. The van der Waals surface area contributed by atoms with E-state index >= 15 is 0 Å². The zero-order chi connectivity index (χ0) is 14.5. The van der Waals surface area contributed by atoms with E-state index < -0.39 is 12.6 Å². The summed E-state index contributed by atoms with van der Waals surface area (Å²) in [5.41, 5.74) is 2.01. The summed E-state index contributed by atoms with van der Waals surface area (Å²) in [6.07, 6.45) is -4.28. The van der Waals surface area contributed by atoms with E-state index in [1.165, 1.54) is 0 Å². The number of hydrogen-bond acceptors (Lipinski definition) is 2. The molecule has 0 heterocycles. The van der Waals surface area contributed by atoms with Crippen molar-refractivity contribution in [3.8, 4) is 5.75 Å². The second-order valence-electron chi connectivity index (χ2n) is 4.66. The van der Waals surface area contributed by atoms with Crippen molar-refractivity contribution in [1.82, 2.24) is 5.32 Å². The lowest BCUT2D eigenvalue weighted by molar-refractivity contribution is -0.136. The van der Waals surface area contributed by atoms with Crippen LogP contribution in [0.1, 0.15) is 24.0 Å². The van der Waals surface area contributed by atoms with Crippen LogP contribution >= 0.6 is 0 Å². The van der Waals surface area contributed by atoms with E-state index in [2.05, 4.69) is 5.32 Å². The molecular formula is C14H20F3NO. The molecule has 1 aromatic rings. The third-order valence-corrected chi connectivity index (χ3v) is 3.09. The summed E-state index contributed by atoms with van der Waals surface area (Å²) in [6.45, 7) is 1.95. The molecule has 0 fully saturated rings. The van der Waals surface area contributed by atoms with Crippen LogP contribution in [-0.4, -0.2) is 26.4 Å². The van der Waals surface area contributed by atoms with Crippen molar-refractivity contribution >= 4 is 0 Å². The van der Waals surface area contributed by atoms with Crippen LogP contribution < -0.4 is 10.1 Å². The second kappa shape index (κ2) is 6.80. The van der Waals surface area contributed by atoms with Gasteiger partial charge in [0.05, 0.1) is 7.11 Å². The number of likely N-dealkylation sites (N-methyl/N-ethyl adjacent to an activating group) is 1. The van der Waals surface area contributed by atoms with E-state index in [0.717, 1.165) is 16.9 Å². The Kier molecular flexibility index (Phi) is 5.66. The van der Waals surface area contributed by atoms with E-state index in [0.29, 0.717) is 6.42 Å². The lowest BCUT2D eigenvalue weighted by Gasteiger charge is -2.19. The maximum absolute atomic E-state index is 12.2. The van der Waals surface area contributed by atoms with Crippen molar-refractivity contribution in [2.45, 2.75) is 38.4 Å². The molecule has 19 heavy (non-hydrogen) atoms. The molecule has 0 radical (unpaired) electrons. The molecule has 1 N–H and O–H groups in total. The fraction of sp³-hybridized carbons (Fsp3) is 0.571. The summed E-state index contributed by atoms with van der Waals surface area (Å²) >= 11 is 0. The second-order valence-corrected chi connectivity index (χ2v) is 4.66. The normalized spacial score (nSPS) is 13.4. The van der Waals surface area contributed by atoms with Crippen LogP contribution in [0.5, 0.6) is 5.75 Å². The molecule has 0 aliphatic rings.